The number of aryl methyl sites for hydroxylation is 1. The van der Waals surface area contributed by atoms with E-state index in [9.17, 15) is 18.8 Å². The number of hydrogen-bond donors (Lipinski definition) is 1. The lowest BCUT2D eigenvalue weighted by molar-refractivity contribution is -0.145. The molecule has 0 fully saturated rings. The molecule has 0 radical (unpaired) electrons. The Labute approximate surface area is 176 Å². The van der Waals surface area contributed by atoms with Gasteiger partial charge in [0.2, 0.25) is 5.78 Å². The SMILES string of the molecule is Cc1cc(C(=O)COC(=O)[C@@H](NC(=O)c2ccc(F)cc2)C(C)C)c(C)n1C(C)C. The number of halogens is 1. The number of rotatable bonds is 8. The molecule has 0 aliphatic rings. The Morgan fingerprint density at radius 1 is 1.07 bits per heavy atom. The zero-order chi connectivity index (χ0) is 22.6. The summed E-state index contributed by atoms with van der Waals surface area (Å²) in [6, 6.07) is 6.08. The molecule has 0 bridgehead atoms. The first kappa shape index (κ1) is 23.3. The van der Waals surface area contributed by atoms with Gasteiger partial charge in [-0.15, -0.1) is 0 Å². The summed E-state index contributed by atoms with van der Waals surface area (Å²) in [5.41, 5.74) is 2.54. The second-order valence-corrected chi connectivity index (χ2v) is 7.98. The minimum atomic E-state index is -0.932. The van der Waals surface area contributed by atoms with Crippen LogP contribution in [0.1, 0.15) is 65.8 Å². The van der Waals surface area contributed by atoms with Crippen molar-refractivity contribution >= 4 is 17.7 Å². The molecule has 1 aromatic carbocycles. The number of carbonyl (C=O) groups is 3. The quantitative estimate of drug-likeness (QED) is 0.521. The summed E-state index contributed by atoms with van der Waals surface area (Å²) in [6.07, 6.45) is 0. The fourth-order valence-corrected chi connectivity index (χ4v) is 3.48. The molecule has 1 aromatic heterocycles. The van der Waals surface area contributed by atoms with Gasteiger partial charge in [0.15, 0.2) is 6.61 Å². The van der Waals surface area contributed by atoms with Gasteiger partial charge in [-0.3, -0.25) is 9.59 Å². The van der Waals surface area contributed by atoms with Gasteiger partial charge in [-0.1, -0.05) is 13.8 Å². The minimum Gasteiger partial charge on any atom is -0.456 e. The van der Waals surface area contributed by atoms with Crippen molar-refractivity contribution < 1.29 is 23.5 Å². The van der Waals surface area contributed by atoms with Gasteiger partial charge in [0.05, 0.1) is 0 Å². The fourth-order valence-electron chi connectivity index (χ4n) is 3.48. The van der Waals surface area contributed by atoms with E-state index >= 15 is 0 Å². The van der Waals surface area contributed by atoms with E-state index in [4.69, 9.17) is 4.74 Å². The summed E-state index contributed by atoms with van der Waals surface area (Å²) in [7, 11) is 0. The van der Waals surface area contributed by atoms with Gasteiger partial charge >= 0.3 is 5.97 Å². The van der Waals surface area contributed by atoms with Crippen LogP contribution in [0.25, 0.3) is 0 Å². The molecule has 0 aliphatic heterocycles. The third kappa shape index (κ3) is 5.34. The molecule has 0 saturated carbocycles. The molecule has 2 rings (SSSR count). The topological polar surface area (TPSA) is 77.4 Å². The first-order valence-corrected chi connectivity index (χ1v) is 9.97. The van der Waals surface area contributed by atoms with Crippen LogP contribution in [-0.4, -0.2) is 34.9 Å². The average Bonchev–Trinajstić information content (AvgIpc) is 2.98. The lowest BCUT2D eigenvalue weighted by Gasteiger charge is -2.20. The number of carbonyl (C=O) groups excluding carboxylic acids is 3. The predicted molar refractivity (Wildman–Crippen MR) is 112 cm³/mol. The van der Waals surface area contributed by atoms with E-state index in [2.05, 4.69) is 9.88 Å². The van der Waals surface area contributed by atoms with Crippen LogP contribution in [0, 0.1) is 25.6 Å². The van der Waals surface area contributed by atoms with Crippen molar-refractivity contribution in [1.29, 1.82) is 0 Å². The molecule has 0 aliphatic carbocycles. The number of Topliss-reactive ketones (excluding diaryl/α,β-unsaturated/α-hetero) is 1. The molecule has 7 heteroatoms. The highest BCUT2D eigenvalue weighted by atomic mass is 19.1. The highest BCUT2D eigenvalue weighted by Crippen LogP contribution is 2.20. The Bertz CT molecular complexity index is 929. The average molecular weight is 416 g/mol. The third-order valence-electron chi connectivity index (χ3n) is 4.96. The van der Waals surface area contributed by atoms with Crippen LogP contribution < -0.4 is 5.32 Å². The van der Waals surface area contributed by atoms with E-state index in [1.54, 1.807) is 19.9 Å². The Balaban J connectivity index is 2.05. The van der Waals surface area contributed by atoms with Gasteiger partial charge in [-0.2, -0.15) is 0 Å². The number of amides is 1. The number of nitrogens with zero attached hydrogens (tertiary/aromatic N) is 1. The third-order valence-corrected chi connectivity index (χ3v) is 4.96. The molecule has 6 nitrogen and oxygen atoms in total. The second kappa shape index (κ2) is 9.69. The zero-order valence-corrected chi connectivity index (χ0v) is 18.3. The summed E-state index contributed by atoms with van der Waals surface area (Å²) < 4.78 is 20.3. The van der Waals surface area contributed by atoms with E-state index in [-0.39, 0.29) is 23.3 Å². The first-order chi connectivity index (χ1) is 14.0. The molecule has 0 spiro atoms. The molecule has 30 heavy (non-hydrogen) atoms. The number of nitrogens with one attached hydrogen (secondary N) is 1. The van der Waals surface area contributed by atoms with Crippen LogP contribution in [-0.2, 0) is 9.53 Å². The van der Waals surface area contributed by atoms with E-state index in [0.29, 0.717) is 5.56 Å². The molecule has 162 valence electrons. The maximum Gasteiger partial charge on any atom is 0.329 e. The molecule has 1 heterocycles. The van der Waals surface area contributed by atoms with Crippen LogP contribution in [0.4, 0.5) is 4.39 Å². The van der Waals surface area contributed by atoms with E-state index in [1.165, 1.54) is 24.3 Å². The standard InChI is InChI=1S/C23H29FN2O4/c1-13(2)21(25-22(28)17-7-9-18(24)10-8-17)23(29)30-12-20(27)19-11-15(5)26(14(3)4)16(19)6/h7-11,13-14,21H,12H2,1-6H3,(H,25,28)/t21-/m0/s1. The van der Waals surface area contributed by atoms with E-state index in [1.807, 2.05) is 27.7 Å². The van der Waals surface area contributed by atoms with E-state index in [0.717, 1.165) is 11.4 Å². The first-order valence-electron chi connectivity index (χ1n) is 9.97. The summed E-state index contributed by atoms with van der Waals surface area (Å²) >= 11 is 0. The number of ketones is 1. The molecular weight excluding hydrogens is 387 g/mol. The summed E-state index contributed by atoms with van der Waals surface area (Å²) in [4.78, 5) is 37.5. The van der Waals surface area contributed by atoms with Crippen LogP contribution in [0.15, 0.2) is 30.3 Å². The Kier molecular flexibility index (Phi) is 7.54. The van der Waals surface area contributed by atoms with Crippen molar-refractivity contribution in [3.8, 4) is 0 Å². The van der Waals surface area contributed by atoms with Gasteiger partial charge in [0.1, 0.15) is 11.9 Å². The van der Waals surface area contributed by atoms with Gasteiger partial charge in [-0.25, -0.2) is 9.18 Å². The van der Waals surface area contributed by atoms with Gasteiger partial charge in [0.25, 0.3) is 5.91 Å². The molecule has 0 saturated heterocycles. The van der Waals surface area contributed by atoms with Gasteiger partial charge in [-0.05, 0) is 63.9 Å². The fraction of sp³-hybridized carbons (Fsp3) is 0.435. The lowest BCUT2D eigenvalue weighted by Crippen LogP contribution is -2.45. The van der Waals surface area contributed by atoms with Crippen molar-refractivity contribution in [2.24, 2.45) is 5.92 Å². The smallest absolute Gasteiger partial charge is 0.329 e. The number of aromatic nitrogens is 1. The van der Waals surface area contributed by atoms with Crippen LogP contribution in [0.3, 0.4) is 0 Å². The maximum atomic E-state index is 13.0. The van der Waals surface area contributed by atoms with Gasteiger partial charge in [0, 0.05) is 28.6 Å². The molecule has 1 N–H and O–H groups in total. The number of hydrogen-bond acceptors (Lipinski definition) is 4. The predicted octanol–water partition coefficient (Wildman–Crippen LogP) is 4.01. The minimum absolute atomic E-state index is 0.209. The Morgan fingerprint density at radius 3 is 2.17 bits per heavy atom. The zero-order valence-electron chi connectivity index (χ0n) is 18.3. The monoisotopic (exact) mass is 416 g/mol. The molecular formula is C23H29FN2O4. The molecule has 1 atom stereocenters. The normalized spacial score (nSPS) is 12.2. The largest absolute Gasteiger partial charge is 0.456 e. The molecule has 2 aromatic rings. The second-order valence-electron chi connectivity index (χ2n) is 7.98. The number of ether oxygens (including phenoxy) is 1. The lowest BCUT2D eigenvalue weighted by atomic mass is 10.0. The van der Waals surface area contributed by atoms with Gasteiger partial charge < -0.3 is 14.6 Å². The van der Waals surface area contributed by atoms with E-state index < -0.39 is 30.3 Å². The van der Waals surface area contributed by atoms with Crippen LogP contribution in [0.5, 0.6) is 0 Å². The number of benzene rings is 1. The van der Waals surface area contributed by atoms with Crippen molar-refractivity contribution in [3.05, 3.63) is 58.7 Å². The molecule has 0 unspecified atom stereocenters. The number of esters is 1. The molecule has 1 amide bonds. The Morgan fingerprint density at radius 2 is 1.67 bits per heavy atom. The summed E-state index contributed by atoms with van der Waals surface area (Å²) in [6.45, 7) is 11.0. The summed E-state index contributed by atoms with van der Waals surface area (Å²) in [5.74, 6) is -2.22. The maximum absolute atomic E-state index is 13.0. The van der Waals surface area contributed by atoms with Crippen molar-refractivity contribution in [2.75, 3.05) is 6.61 Å². The summed E-state index contributed by atoms with van der Waals surface area (Å²) in [5, 5.41) is 2.60. The van der Waals surface area contributed by atoms with Crippen LogP contribution in [0.2, 0.25) is 0 Å². The highest BCUT2D eigenvalue weighted by molar-refractivity contribution is 6.00. The van der Waals surface area contributed by atoms with Crippen molar-refractivity contribution in [2.45, 2.75) is 53.6 Å². The van der Waals surface area contributed by atoms with Crippen LogP contribution >= 0.6 is 0 Å². The highest BCUT2D eigenvalue weighted by Gasteiger charge is 2.27. The van der Waals surface area contributed by atoms with Crippen molar-refractivity contribution in [3.63, 3.8) is 0 Å². The van der Waals surface area contributed by atoms with Crippen molar-refractivity contribution in [1.82, 2.24) is 9.88 Å². The Hall–Kier alpha value is -2.96.